The second-order valence-electron chi connectivity index (χ2n) is 7.41. The highest BCUT2D eigenvalue weighted by Crippen LogP contribution is 2.29. The van der Waals surface area contributed by atoms with Crippen molar-refractivity contribution < 1.29 is 4.79 Å². The highest BCUT2D eigenvalue weighted by Gasteiger charge is 2.18. The normalized spacial score (nSPS) is 11.1. The molecule has 0 fully saturated rings. The number of carbonyl (C=O) groups is 1. The van der Waals surface area contributed by atoms with Crippen LogP contribution in [0, 0.1) is 6.92 Å². The number of nitrogens with one attached hydrogen (secondary N) is 1. The second kappa shape index (κ2) is 9.67. The average molecular weight is 465 g/mol. The highest BCUT2D eigenvalue weighted by atomic mass is 32.2. The smallest absolute Gasteiger partial charge is 0.273 e. The molecule has 0 radical (unpaired) electrons. The van der Waals surface area contributed by atoms with Crippen LogP contribution < -0.4 is 10.9 Å². The van der Waals surface area contributed by atoms with Gasteiger partial charge in [0.1, 0.15) is 15.9 Å². The van der Waals surface area contributed by atoms with E-state index in [1.165, 1.54) is 28.9 Å². The number of hydrogen-bond acceptors (Lipinski definition) is 6. The fourth-order valence-corrected chi connectivity index (χ4v) is 4.98. The van der Waals surface area contributed by atoms with Gasteiger partial charge in [-0.3, -0.25) is 14.2 Å². The average Bonchev–Trinajstić information content (AvgIpc) is 3.23. The number of anilines is 1. The van der Waals surface area contributed by atoms with E-state index in [1.54, 1.807) is 4.57 Å². The first-order valence-corrected chi connectivity index (χ1v) is 12.2. The Labute approximate surface area is 194 Å². The summed E-state index contributed by atoms with van der Waals surface area (Å²) in [4.78, 5) is 30.3. The molecule has 4 rings (SSSR count). The van der Waals surface area contributed by atoms with Crippen LogP contribution in [0.2, 0.25) is 0 Å². The first-order chi connectivity index (χ1) is 15.5. The van der Waals surface area contributed by atoms with Crippen molar-refractivity contribution in [2.24, 2.45) is 0 Å². The Morgan fingerprint density at radius 2 is 1.81 bits per heavy atom. The van der Waals surface area contributed by atoms with Crippen molar-refractivity contribution in [2.45, 2.75) is 38.9 Å². The van der Waals surface area contributed by atoms with E-state index in [4.69, 9.17) is 4.98 Å². The van der Waals surface area contributed by atoms with E-state index in [0.717, 1.165) is 23.2 Å². The maximum atomic E-state index is 13.1. The molecule has 2 aromatic carbocycles. The minimum Gasteiger partial charge on any atom is -0.325 e. The van der Waals surface area contributed by atoms with Gasteiger partial charge in [0.25, 0.3) is 5.56 Å². The molecule has 32 heavy (non-hydrogen) atoms. The van der Waals surface area contributed by atoms with Crippen LogP contribution in [0.15, 0.2) is 58.5 Å². The number of aryl methyl sites for hydroxylation is 2. The Balaban J connectivity index is 1.59. The fourth-order valence-electron chi connectivity index (χ4n) is 3.34. The predicted octanol–water partition coefficient (Wildman–Crippen LogP) is 5.14. The molecular formula is C24H24N4O2S2. The number of hydrogen-bond donors (Lipinski definition) is 1. The first-order valence-electron chi connectivity index (χ1n) is 10.5. The van der Waals surface area contributed by atoms with Crippen LogP contribution in [0.1, 0.15) is 25.0 Å². The summed E-state index contributed by atoms with van der Waals surface area (Å²) in [6.07, 6.45) is 0.953. The van der Waals surface area contributed by atoms with Crippen LogP contribution in [0.5, 0.6) is 0 Å². The molecule has 0 bridgehead atoms. The van der Waals surface area contributed by atoms with Gasteiger partial charge in [-0.15, -0.1) is 0 Å². The van der Waals surface area contributed by atoms with E-state index < -0.39 is 0 Å². The van der Waals surface area contributed by atoms with Gasteiger partial charge in [0.2, 0.25) is 5.91 Å². The van der Waals surface area contributed by atoms with Gasteiger partial charge in [0.15, 0.2) is 5.16 Å². The molecule has 2 aromatic heterocycles. The summed E-state index contributed by atoms with van der Waals surface area (Å²) in [7, 11) is 0. The Kier molecular flexibility index (Phi) is 6.72. The predicted molar refractivity (Wildman–Crippen MR) is 133 cm³/mol. The molecular weight excluding hydrogens is 440 g/mol. The van der Waals surface area contributed by atoms with Crippen LogP contribution in [0.3, 0.4) is 0 Å². The Hall–Kier alpha value is -2.97. The van der Waals surface area contributed by atoms with Crippen molar-refractivity contribution in [3.8, 4) is 11.3 Å². The zero-order valence-corrected chi connectivity index (χ0v) is 19.8. The molecule has 0 atom stereocenters. The van der Waals surface area contributed by atoms with Gasteiger partial charge in [0.05, 0.1) is 5.75 Å². The fraction of sp³-hybridized carbons (Fsp3) is 0.250. The van der Waals surface area contributed by atoms with Crippen molar-refractivity contribution in [1.82, 2.24) is 13.9 Å². The van der Waals surface area contributed by atoms with Crippen molar-refractivity contribution in [1.29, 1.82) is 0 Å². The van der Waals surface area contributed by atoms with Gasteiger partial charge in [-0.25, -0.2) is 4.98 Å². The summed E-state index contributed by atoms with van der Waals surface area (Å²) in [6.45, 7) is 6.49. The first kappa shape index (κ1) is 22.2. The lowest BCUT2D eigenvalue weighted by Crippen LogP contribution is -2.22. The van der Waals surface area contributed by atoms with Crippen LogP contribution in [0.25, 0.3) is 21.5 Å². The van der Waals surface area contributed by atoms with Crippen molar-refractivity contribution >= 4 is 45.1 Å². The van der Waals surface area contributed by atoms with Crippen LogP contribution >= 0.6 is 23.3 Å². The van der Waals surface area contributed by atoms with Gasteiger partial charge in [0, 0.05) is 17.8 Å². The zero-order chi connectivity index (χ0) is 22.7. The van der Waals surface area contributed by atoms with Gasteiger partial charge in [-0.2, -0.15) is 4.37 Å². The summed E-state index contributed by atoms with van der Waals surface area (Å²) in [6, 6.07) is 15.8. The van der Waals surface area contributed by atoms with Gasteiger partial charge >= 0.3 is 0 Å². The molecule has 4 aromatic rings. The maximum Gasteiger partial charge on any atom is 0.273 e. The van der Waals surface area contributed by atoms with Crippen LogP contribution in [-0.2, 0) is 17.8 Å². The number of rotatable bonds is 7. The number of amides is 1. The number of carbonyl (C=O) groups excluding carboxylic acids is 1. The third kappa shape index (κ3) is 4.61. The standard InChI is InChI=1S/C24H24N4O2S2/c1-4-16-8-12-18(13-9-16)25-19(29)14-31-24-26-21-20(17-10-6-15(3)7-11-17)27-32-22(21)23(30)28(24)5-2/h6-13H,4-5,14H2,1-3H3,(H,25,29). The quantitative estimate of drug-likeness (QED) is 0.303. The van der Waals surface area contributed by atoms with Gasteiger partial charge in [-0.05, 0) is 49.5 Å². The van der Waals surface area contributed by atoms with Crippen LogP contribution in [0.4, 0.5) is 5.69 Å². The molecule has 1 N–H and O–H groups in total. The highest BCUT2D eigenvalue weighted by molar-refractivity contribution is 7.99. The van der Waals surface area contributed by atoms with E-state index in [0.29, 0.717) is 27.6 Å². The number of aromatic nitrogens is 3. The minimum absolute atomic E-state index is 0.119. The van der Waals surface area contributed by atoms with E-state index >= 15 is 0 Å². The molecule has 0 unspecified atom stereocenters. The maximum absolute atomic E-state index is 13.1. The lowest BCUT2D eigenvalue weighted by atomic mass is 10.1. The van der Waals surface area contributed by atoms with E-state index in [9.17, 15) is 9.59 Å². The lowest BCUT2D eigenvalue weighted by Gasteiger charge is -2.10. The Morgan fingerprint density at radius 3 is 2.47 bits per heavy atom. The molecule has 1 amide bonds. The van der Waals surface area contributed by atoms with Crippen molar-refractivity contribution in [2.75, 3.05) is 11.1 Å². The zero-order valence-electron chi connectivity index (χ0n) is 18.2. The topological polar surface area (TPSA) is 76.9 Å². The summed E-state index contributed by atoms with van der Waals surface area (Å²) >= 11 is 2.43. The minimum atomic E-state index is -0.140. The molecule has 0 spiro atoms. The summed E-state index contributed by atoms with van der Waals surface area (Å²) in [5.74, 6) is 0.0173. The van der Waals surface area contributed by atoms with E-state index in [2.05, 4.69) is 16.6 Å². The van der Waals surface area contributed by atoms with Crippen molar-refractivity contribution in [3.05, 3.63) is 70.0 Å². The summed E-state index contributed by atoms with van der Waals surface area (Å²) in [5.41, 5.74) is 5.22. The molecule has 0 aliphatic heterocycles. The largest absolute Gasteiger partial charge is 0.325 e. The van der Waals surface area contributed by atoms with Gasteiger partial charge in [-0.1, -0.05) is 60.6 Å². The van der Waals surface area contributed by atoms with Gasteiger partial charge < -0.3 is 5.32 Å². The lowest BCUT2D eigenvalue weighted by molar-refractivity contribution is -0.113. The number of benzene rings is 2. The summed E-state index contributed by atoms with van der Waals surface area (Å²) < 4.78 is 6.65. The molecule has 6 nitrogen and oxygen atoms in total. The third-order valence-corrected chi connectivity index (χ3v) is 6.97. The molecule has 0 saturated carbocycles. The van der Waals surface area contributed by atoms with Crippen LogP contribution in [-0.4, -0.2) is 25.6 Å². The number of thioether (sulfide) groups is 1. The monoisotopic (exact) mass is 464 g/mol. The molecule has 8 heteroatoms. The Bertz CT molecular complexity index is 1310. The molecule has 2 heterocycles. The molecule has 0 aliphatic carbocycles. The molecule has 0 saturated heterocycles. The summed E-state index contributed by atoms with van der Waals surface area (Å²) in [5, 5.41) is 3.43. The molecule has 164 valence electrons. The molecule has 0 aliphatic rings. The van der Waals surface area contributed by atoms with E-state index in [1.807, 2.05) is 62.4 Å². The SMILES string of the molecule is CCc1ccc(NC(=O)CSc2nc3c(-c4ccc(C)cc4)nsc3c(=O)n2CC)cc1. The second-order valence-corrected chi connectivity index (χ2v) is 9.12. The van der Waals surface area contributed by atoms with Crippen molar-refractivity contribution in [3.63, 3.8) is 0 Å². The Morgan fingerprint density at radius 1 is 1.09 bits per heavy atom. The third-order valence-electron chi connectivity index (χ3n) is 5.16. The number of fused-ring (bicyclic) bond motifs is 1. The van der Waals surface area contributed by atoms with E-state index in [-0.39, 0.29) is 17.2 Å². The number of nitrogens with zero attached hydrogens (tertiary/aromatic N) is 3.